The molecule has 0 unspecified atom stereocenters. The van der Waals surface area contributed by atoms with Gasteiger partial charge in [-0.05, 0) is 12.5 Å². The van der Waals surface area contributed by atoms with Gasteiger partial charge in [0, 0.05) is 28.9 Å². The van der Waals surface area contributed by atoms with Gasteiger partial charge >= 0.3 is 0 Å². The number of carbonyl (C=O) groups is 1. The van der Waals surface area contributed by atoms with Crippen LogP contribution in [0.1, 0.15) is 18.9 Å². The summed E-state index contributed by atoms with van der Waals surface area (Å²) in [5.41, 5.74) is 18.3. The van der Waals surface area contributed by atoms with Gasteiger partial charge in [-0.15, -0.1) is 0 Å². The molecule has 2 rings (SSSR count). The fraction of sp³-hybridized carbons (Fsp3) is 0.167. The maximum Gasteiger partial charge on any atom is 0.269 e. The summed E-state index contributed by atoms with van der Waals surface area (Å²) in [4.78, 5) is 12.0. The normalized spacial score (nSPS) is 11.8. The van der Waals surface area contributed by atoms with Gasteiger partial charge in [0.15, 0.2) is 11.6 Å². The van der Waals surface area contributed by atoms with Gasteiger partial charge in [0.05, 0.1) is 5.70 Å². The van der Waals surface area contributed by atoms with Crippen molar-refractivity contribution in [3.63, 3.8) is 0 Å². The van der Waals surface area contributed by atoms with Crippen LogP contribution in [0.15, 0.2) is 42.1 Å². The summed E-state index contributed by atoms with van der Waals surface area (Å²) in [5, 5.41) is 2.61. The first kappa shape index (κ1) is 18.3. The lowest BCUT2D eigenvalue weighted by atomic mass is 9.97. The van der Waals surface area contributed by atoms with Crippen molar-refractivity contribution < 1.29 is 13.6 Å². The number of amides is 1. The summed E-state index contributed by atoms with van der Waals surface area (Å²) in [5.74, 6) is -2.51. The van der Waals surface area contributed by atoms with Gasteiger partial charge in [-0.25, -0.2) is 8.78 Å². The SMILES string of the molecule is CCCNC(=O)/C(N)=C(\N)c1cccc(-c2cccc(F)c2F)c1N. The van der Waals surface area contributed by atoms with E-state index in [0.717, 1.165) is 12.5 Å². The molecule has 0 heterocycles. The third-order valence-corrected chi connectivity index (χ3v) is 3.71. The fourth-order valence-corrected chi connectivity index (χ4v) is 2.35. The number of nitrogens with two attached hydrogens (primary N) is 3. The molecule has 5 nitrogen and oxygen atoms in total. The molecule has 0 bridgehead atoms. The molecule has 0 aromatic heterocycles. The number of hydrogen-bond donors (Lipinski definition) is 4. The summed E-state index contributed by atoms with van der Waals surface area (Å²) < 4.78 is 27.5. The molecule has 7 heteroatoms. The Labute approximate surface area is 144 Å². The molecule has 0 aliphatic rings. The van der Waals surface area contributed by atoms with Crippen molar-refractivity contribution in [3.8, 4) is 11.1 Å². The summed E-state index contributed by atoms with van der Waals surface area (Å²) in [6.07, 6.45) is 0.745. The first-order chi connectivity index (χ1) is 11.9. The van der Waals surface area contributed by atoms with Gasteiger partial charge in [-0.1, -0.05) is 37.3 Å². The Morgan fingerprint density at radius 2 is 1.72 bits per heavy atom. The van der Waals surface area contributed by atoms with Crippen LogP contribution in [0, 0.1) is 11.6 Å². The Bertz CT molecular complexity index is 834. The van der Waals surface area contributed by atoms with Gasteiger partial charge in [-0.2, -0.15) is 0 Å². The minimum Gasteiger partial charge on any atom is -0.398 e. The summed E-state index contributed by atoms with van der Waals surface area (Å²) >= 11 is 0. The molecule has 25 heavy (non-hydrogen) atoms. The zero-order valence-corrected chi connectivity index (χ0v) is 13.8. The highest BCUT2D eigenvalue weighted by Gasteiger charge is 2.17. The number of nitrogens with one attached hydrogen (secondary N) is 1. The average Bonchev–Trinajstić information content (AvgIpc) is 2.61. The topological polar surface area (TPSA) is 107 Å². The van der Waals surface area contributed by atoms with E-state index in [1.54, 1.807) is 12.1 Å². The second-order valence-corrected chi connectivity index (χ2v) is 5.45. The predicted molar refractivity (Wildman–Crippen MR) is 94.8 cm³/mol. The molecule has 0 aliphatic heterocycles. The number of carbonyl (C=O) groups excluding carboxylic acids is 1. The first-order valence-electron chi connectivity index (χ1n) is 7.75. The van der Waals surface area contributed by atoms with E-state index in [-0.39, 0.29) is 33.8 Å². The molecule has 0 fully saturated rings. The van der Waals surface area contributed by atoms with Crippen molar-refractivity contribution in [2.24, 2.45) is 11.5 Å². The fourth-order valence-electron chi connectivity index (χ4n) is 2.35. The minimum atomic E-state index is -1.01. The zero-order chi connectivity index (χ0) is 18.6. The lowest BCUT2D eigenvalue weighted by molar-refractivity contribution is -0.117. The molecule has 0 atom stereocenters. The maximum absolute atomic E-state index is 14.1. The van der Waals surface area contributed by atoms with Crippen LogP contribution in [0.2, 0.25) is 0 Å². The molecule has 0 radical (unpaired) electrons. The van der Waals surface area contributed by atoms with E-state index in [1.165, 1.54) is 18.2 Å². The smallest absolute Gasteiger partial charge is 0.269 e. The Hall–Kier alpha value is -3.09. The highest BCUT2D eigenvalue weighted by molar-refractivity contribution is 6.01. The van der Waals surface area contributed by atoms with Crippen LogP contribution in [0.5, 0.6) is 0 Å². The Morgan fingerprint density at radius 1 is 1.08 bits per heavy atom. The quantitative estimate of drug-likeness (QED) is 0.492. The van der Waals surface area contributed by atoms with Crippen LogP contribution in [0.3, 0.4) is 0 Å². The third-order valence-electron chi connectivity index (χ3n) is 3.71. The van der Waals surface area contributed by atoms with Crippen LogP contribution >= 0.6 is 0 Å². The second kappa shape index (κ2) is 7.65. The number of rotatable bonds is 5. The number of anilines is 1. The number of nitrogen functional groups attached to an aromatic ring is 1. The van der Waals surface area contributed by atoms with Crippen LogP contribution in [-0.2, 0) is 4.79 Å². The molecular weight excluding hydrogens is 326 g/mol. The first-order valence-corrected chi connectivity index (χ1v) is 7.75. The largest absolute Gasteiger partial charge is 0.398 e. The van der Waals surface area contributed by atoms with E-state index in [1.807, 2.05) is 6.92 Å². The maximum atomic E-state index is 14.1. The number of halogens is 2. The van der Waals surface area contributed by atoms with E-state index < -0.39 is 17.5 Å². The summed E-state index contributed by atoms with van der Waals surface area (Å²) in [6.45, 7) is 2.36. The molecule has 0 saturated carbocycles. The summed E-state index contributed by atoms with van der Waals surface area (Å²) in [6, 6.07) is 8.48. The predicted octanol–water partition coefficient (Wildman–Crippen LogP) is 2.33. The van der Waals surface area contributed by atoms with Gasteiger partial charge in [-0.3, -0.25) is 4.79 Å². The van der Waals surface area contributed by atoms with Crippen molar-refractivity contribution in [1.29, 1.82) is 0 Å². The van der Waals surface area contributed by atoms with Crippen molar-refractivity contribution in [3.05, 3.63) is 59.3 Å². The van der Waals surface area contributed by atoms with E-state index in [9.17, 15) is 13.6 Å². The van der Waals surface area contributed by atoms with Crippen molar-refractivity contribution >= 4 is 17.3 Å². The van der Waals surface area contributed by atoms with E-state index in [4.69, 9.17) is 17.2 Å². The third kappa shape index (κ3) is 3.71. The van der Waals surface area contributed by atoms with Crippen LogP contribution in [0.4, 0.5) is 14.5 Å². The van der Waals surface area contributed by atoms with Crippen LogP contribution in [0.25, 0.3) is 16.8 Å². The molecule has 0 saturated heterocycles. The molecule has 0 spiro atoms. The zero-order valence-electron chi connectivity index (χ0n) is 13.8. The molecule has 2 aromatic rings. The van der Waals surface area contributed by atoms with Crippen molar-refractivity contribution in [2.75, 3.05) is 12.3 Å². The second-order valence-electron chi connectivity index (χ2n) is 5.45. The Morgan fingerprint density at radius 3 is 2.40 bits per heavy atom. The highest BCUT2D eigenvalue weighted by atomic mass is 19.2. The monoisotopic (exact) mass is 346 g/mol. The Kier molecular flexibility index (Phi) is 5.59. The van der Waals surface area contributed by atoms with Gasteiger partial charge in [0.2, 0.25) is 0 Å². The average molecular weight is 346 g/mol. The summed E-state index contributed by atoms with van der Waals surface area (Å²) in [7, 11) is 0. The Balaban J connectivity index is 2.51. The number of hydrogen-bond acceptors (Lipinski definition) is 4. The molecule has 0 aliphatic carbocycles. The van der Waals surface area contributed by atoms with E-state index >= 15 is 0 Å². The molecule has 1 amide bonds. The van der Waals surface area contributed by atoms with Crippen molar-refractivity contribution in [1.82, 2.24) is 5.32 Å². The lowest BCUT2D eigenvalue weighted by Crippen LogP contribution is -2.31. The van der Waals surface area contributed by atoms with Crippen LogP contribution < -0.4 is 22.5 Å². The highest BCUT2D eigenvalue weighted by Crippen LogP contribution is 2.33. The standard InChI is InChI=1S/C18H20F2N4O/c1-2-9-24-18(25)17(23)16(22)12-7-3-6-11(15(12)21)10-5-4-8-13(19)14(10)20/h3-8H,2,9,21-23H2,1H3,(H,24,25)/b17-16+. The number of benzene rings is 2. The van der Waals surface area contributed by atoms with E-state index in [2.05, 4.69) is 5.32 Å². The van der Waals surface area contributed by atoms with Crippen molar-refractivity contribution in [2.45, 2.75) is 13.3 Å². The molecule has 2 aromatic carbocycles. The molecule has 132 valence electrons. The minimum absolute atomic E-state index is 0.00107. The van der Waals surface area contributed by atoms with Crippen LogP contribution in [-0.4, -0.2) is 12.5 Å². The van der Waals surface area contributed by atoms with Gasteiger partial charge in [0.25, 0.3) is 5.91 Å². The molecular formula is C18H20F2N4O. The van der Waals surface area contributed by atoms with Gasteiger partial charge in [0.1, 0.15) is 5.70 Å². The van der Waals surface area contributed by atoms with Gasteiger partial charge < -0.3 is 22.5 Å². The number of para-hydroxylation sites is 1. The molecule has 7 N–H and O–H groups in total. The lowest BCUT2D eigenvalue weighted by Gasteiger charge is -2.14. The van der Waals surface area contributed by atoms with E-state index in [0.29, 0.717) is 6.54 Å².